The molecule has 16 heavy (non-hydrogen) atoms. The lowest BCUT2D eigenvalue weighted by Crippen LogP contribution is -2.05. The summed E-state index contributed by atoms with van der Waals surface area (Å²) < 4.78 is 1.12. The number of anilines is 1. The van der Waals surface area contributed by atoms with Crippen LogP contribution < -0.4 is 5.32 Å². The van der Waals surface area contributed by atoms with Gasteiger partial charge in [-0.3, -0.25) is 0 Å². The average Bonchev–Trinajstić information content (AvgIpc) is 2.96. The molecule has 0 radical (unpaired) electrons. The molecule has 2 unspecified atom stereocenters. The van der Waals surface area contributed by atoms with Gasteiger partial charge in [0.15, 0.2) is 0 Å². The third kappa shape index (κ3) is 1.69. The fraction of sp³-hybridized carbons (Fsp3) is 0.308. The van der Waals surface area contributed by atoms with E-state index < -0.39 is 0 Å². The van der Waals surface area contributed by atoms with Gasteiger partial charge >= 0.3 is 0 Å². The summed E-state index contributed by atoms with van der Waals surface area (Å²) in [6.07, 6.45) is 3.12. The highest BCUT2D eigenvalue weighted by Crippen LogP contribution is 2.35. The van der Waals surface area contributed by atoms with E-state index >= 15 is 0 Å². The number of nitrogens with one attached hydrogen (secondary N) is 1. The second-order valence-electron chi connectivity index (χ2n) is 4.46. The molecule has 1 saturated carbocycles. The normalized spacial score (nSPS) is 23.4. The van der Waals surface area contributed by atoms with Crippen molar-refractivity contribution in [2.45, 2.75) is 19.4 Å². The summed E-state index contributed by atoms with van der Waals surface area (Å²) in [7, 11) is 0. The molecule has 1 aromatic carbocycles. The van der Waals surface area contributed by atoms with Crippen molar-refractivity contribution in [2.75, 3.05) is 5.32 Å². The first-order chi connectivity index (χ1) is 7.75. The van der Waals surface area contributed by atoms with E-state index in [2.05, 4.69) is 51.4 Å². The Bertz CT molecular complexity index is 538. The smallest absolute Gasteiger partial charge is 0.134 e. The lowest BCUT2D eigenvalue weighted by Gasteiger charge is -2.08. The van der Waals surface area contributed by atoms with Crippen LogP contribution >= 0.6 is 15.9 Å². The third-order valence-electron chi connectivity index (χ3n) is 3.18. The van der Waals surface area contributed by atoms with Crippen molar-refractivity contribution in [3.63, 3.8) is 0 Å². The number of nitrogens with zero attached hydrogens (tertiary/aromatic N) is 1. The highest BCUT2D eigenvalue weighted by Gasteiger charge is 2.32. The van der Waals surface area contributed by atoms with Gasteiger partial charge in [0.2, 0.25) is 0 Å². The van der Waals surface area contributed by atoms with Crippen molar-refractivity contribution >= 4 is 32.5 Å². The summed E-state index contributed by atoms with van der Waals surface area (Å²) in [5.41, 5.74) is 0. The van der Waals surface area contributed by atoms with Crippen molar-refractivity contribution in [1.82, 2.24) is 4.98 Å². The second kappa shape index (κ2) is 3.74. The monoisotopic (exact) mass is 276 g/mol. The molecule has 3 heteroatoms. The van der Waals surface area contributed by atoms with Crippen LogP contribution in [-0.2, 0) is 0 Å². The molecule has 2 atom stereocenters. The van der Waals surface area contributed by atoms with Gasteiger partial charge in [0.05, 0.1) is 0 Å². The maximum absolute atomic E-state index is 4.43. The topological polar surface area (TPSA) is 24.9 Å². The molecular formula is C13H13BrN2. The average molecular weight is 277 g/mol. The number of aromatic nitrogens is 1. The van der Waals surface area contributed by atoms with Crippen molar-refractivity contribution in [2.24, 2.45) is 5.92 Å². The Morgan fingerprint density at radius 1 is 1.31 bits per heavy atom. The number of hydrogen-bond donors (Lipinski definition) is 1. The van der Waals surface area contributed by atoms with Crippen molar-refractivity contribution in [3.05, 3.63) is 34.9 Å². The Morgan fingerprint density at radius 3 is 2.88 bits per heavy atom. The minimum Gasteiger partial charge on any atom is -0.367 e. The molecule has 2 nitrogen and oxygen atoms in total. The molecule has 3 rings (SSSR count). The molecule has 1 aliphatic carbocycles. The van der Waals surface area contributed by atoms with Crippen LogP contribution in [0.5, 0.6) is 0 Å². The molecule has 0 bridgehead atoms. The van der Waals surface area contributed by atoms with Crippen molar-refractivity contribution in [3.8, 4) is 0 Å². The predicted molar refractivity (Wildman–Crippen MR) is 70.6 cm³/mol. The Balaban J connectivity index is 2.07. The lowest BCUT2D eigenvalue weighted by atomic mass is 10.1. The number of pyridine rings is 1. The van der Waals surface area contributed by atoms with Crippen LogP contribution in [0.2, 0.25) is 0 Å². The van der Waals surface area contributed by atoms with Gasteiger partial charge < -0.3 is 5.32 Å². The van der Waals surface area contributed by atoms with E-state index in [1.54, 1.807) is 0 Å². The van der Waals surface area contributed by atoms with Crippen LogP contribution in [0.15, 0.2) is 34.9 Å². The van der Waals surface area contributed by atoms with Crippen molar-refractivity contribution < 1.29 is 0 Å². The number of halogens is 1. The predicted octanol–water partition coefficient (Wildman–Crippen LogP) is 3.82. The lowest BCUT2D eigenvalue weighted by molar-refractivity contribution is 0.925. The van der Waals surface area contributed by atoms with Gasteiger partial charge in [-0.05, 0) is 24.5 Å². The van der Waals surface area contributed by atoms with E-state index in [9.17, 15) is 0 Å². The first-order valence-electron chi connectivity index (χ1n) is 5.55. The number of fused-ring (bicyclic) bond motifs is 1. The van der Waals surface area contributed by atoms with E-state index in [1.165, 1.54) is 17.2 Å². The van der Waals surface area contributed by atoms with E-state index in [0.29, 0.717) is 6.04 Å². The Hall–Kier alpha value is -1.09. The van der Waals surface area contributed by atoms with E-state index in [4.69, 9.17) is 0 Å². The van der Waals surface area contributed by atoms with Crippen LogP contribution in [0.25, 0.3) is 10.8 Å². The maximum Gasteiger partial charge on any atom is 0.134 e. The van der Waals surface area contributed by atoms with Gasteiger partial charge in [-0.25, -0.2) is 4.98 Å². The molecule has 82 valence electrons. The van der Waals surface area contributed by atoms with Gasteiger partial charge in [0.1, 0.15) is 5.82 Å². The molecule has 1 aliphatic rings. The van der Waals surface area contributed by atoms with Gasteiger partial charge in [-0.2, -0.15) is 0 Å². The molecule has 0 aliphatic heterocycles. The molecule has 0 amide bonds. The van der Waals surface area contributed by atoms with Gasteiger partial charge in [-0.1, -0.05) is 35.0 Å². The summed E-state index contributed by atoms with van der Waals surface area (Å²) in [5, 5.41) is 5.91. The summed E-state index contributed by atoms with van der Waals surface area (Å²) in [6.45, 7) is 2.26. The zero-order valence-corrected chi connectivity index (χ0v) is 10.7. The first kappa shape index (κ1) is 10.1. The molecule has 1 fully saturated rings. The Morgan fingerprint density at radius 2 is 2.12 bits per heavy atom. The van der Waals surface area contributed by atoms with Gasteiger partial charge in [0.25, 0.3) is 0 Å². The summed E-state index contributed by atoms with van der Waals surface area (Å²) in [4.78, 5) is 4.43. The molecule has 2 aromatic rings. The summed E-state index contributed by atoms with van der Waals surface area (Å²) >= 11 is 3.57. The molecule has 0 spiro atoms. The molecule has 1 aromatic heterocycles. The summed E-state index contributed by atoms with van der Waals surface area (Å²) in [6, 6.07) is 8.88. The largest absolute Gasteiger partial charge is 0.367 e. The van der Waals surface area contributed by atoms with Crippen LogP contribution in [0, 0.1) is 5.92 Å². The zero-order chi connectivity index (χ0) is 11.1. The molecule has 0 saturated heterocycles. The van der Waals surface area contributed by atoms with Crippen LogP contribution in [-0.4, -0.2) is 11.0 Å². The molecule has 1 N–H and O–H groups in total. The third-order valence-corrected chi connectivity index (χ3v) is 3.88. The number of hydrogen-bond acceptors (Lipinski definition) is 2. The Kier molecular flexibility index (Phi) is 2.36. The SMILES string of the molecule is CC1CC1Nc1nccc2c(Br)cccc12. The number of rotatable bonds is 2. The van der Waals surface area contributed by atoms with Crippen LogP contribution in [0.4, 0.5) is 5.82 Å². The van der Waals surface area contributed by atoms with E-state index in [1.807, 2.05) is 12.3 Å². The molecule has 1 heterocycles. The highest BCUT2D eigenvalue weighted by atomic mass is 79.9. The van der Waals surface area contributed by atoms with Gasteiger partial charge in [-0.15, -0.1) is 0 Å². The van der Waals surface area contributed by atoms with Gasteiger partial charge in [0, 0.05) is 27.5 Å². The summed E-state index contributed by atoms with van der Waals surface area (Å²) in [5.74, 6) is 1.79. The standard InChI is InChI=1S/C13H13BrN2/c1-8-7-12(8)16-13-10-3-2-4-11(14)9(10)5-6-15-13/h2-6,8,12H,7H2,1H3,(H,15,16). The Labute approximate surface area is 103 Å². The van der Waals surface area contributed by atoms with Crippen LogP contribution in [0.3, 0.4) is 0 Å². The van der Waals surface area contributed by atoms with Crippen molar-refractivity contribution in [1.29, 1.82) is 0 Å². The minimum atomic E-state index is 0.608. The highest BCUT2D eigenvalue weighted by molar-refractivity contribution is 9.10. The fourth-order valence-corrected chi connectivity index (χ4v) is 2.48. The quantitative estimate of drug-likeness (QED) is 0.902. The fourth-order valence-electron chi connectivity index (χ4n) is 1.98. The number of benzene rings is 1. The maximum atomic E-state index is 4.43. The zero-order valence-electron chi connectivity index (χ0n) is 9.07. The van der Waals surface area contributed by atoms with E-state index in [0.717, 1.165) is 16.2 Å². The molecular weight excluding hydrogens is 264 g/mol. The minimum absolute atomic E-state index is 0.608. The second-order valence-corrected chi connectivity index (χ2v) is 5.31. The van der Waals surface area contributed by atoms with E-state index in [-0.39, 0.29) is 0 Å². The first-order valence-corrected chi connectivity index (χ1v) is 6.35. The van der Waals surface area contributed by atoms with Crippen LogP contribution in [0.1, 0.15) is 13.3 Å².